The van der Waals surface area contributed by atoms with E-state index in [0.29, 0.717) is 23.0 Å². The second-order valence-electron chi connectivity index (χ2n) is 6.58. The number of hydrogen-bond donors (Lipinski definition) is 2. The normalized spacial score (nSPS) is 12.2. The molecule has 3 rings (SSSR count). The molecule has 0 aliphatic heterocycles. The number of benzene rings is 1. The lowest BCUT2D eigenvalue weighted by Gasteiger charge is -2.08. The van der Waals surface area contributed by atoms with Crippen LogP contribution in [0.25, 0.3) is 11.3 Å². The van der Waals surface area contributed by atoms with Crippen LogP contribution in [0.2, 0.25) is 0 Å². The molecule has 2 N–H and O–H groups in total. The summed E-state index contributed by atoms with van der Waals surface area (Å²) in [6, 6.07) is 12.6. The number of carbonyl (C=O) groups is 1. The van der Waals surface area contributed by atoms with E-state index >= 15 is 0 Å². The standard InChI is InChI=1S/C20H22N4O3/c1-12(2)19-23-18(27-24-19)11-21-20(26)15-9-7-14(8-10-15)17-6-4-5-16(22-17)13(3)25/h4-10,12-13,25H,11H2,1-3H3,(H,21,26)/t13-/m0/s1. The van der Waals surface area contributed by atoms with E-state index in [-0.39, 0.29) is 18.4 Å². The maximum Gasteiger partial charge on any atom is 0.251 e. The van der Waals surface area contributed by atoms with Crippen LogP contribution in [0.15, 0.2) is 47.0 Å². The first-order chi connectivity index (χ1) is 12.9. The summed E-state index contributed by atoms with van der Waals surface area (Å²) < 4.78 is 5.12. The Morgan fingerprint density at radius 3 is 2.48 bits per heavy atom. The highest BCUT2D eigenvalue weighted by Gasteiger charge is 2.12. The van der Waals surface area contributed by atoms with Crippen molar-refractivity contribution in [2.45, 2.75) is 39.3 Å². The summed E-state index contributed by atoms with van der Waals surface area (Å²) in [5.41, 5.74) is 2.74. The number of pyridine rings is 1. The molecule has 2 heterocycles. The molecule has 0 aliphatic carbocycles. The molecule has 0 unspecified atom stereocenters. The summed E-state index contributed by atoms with van der Waals surface area (Å²) in [6.07, 6.45) is -0.629. The number of aliphatic hydroxyl groups excluding tert-OH is 1. The second kappa shape index (κ2) is 8.09. The molecule has 1 atom stereocenters. The van der Waals surface area contributed by atoms with Gasteiger partial charge in [-0.2, -0.15) is 4.98 Å². The highest BCUT2D eigenvalue weighted by molar-refractivity contribution is 5.94. The van der Waals surface area contributed by atoms with Gasteiger partial charge in [0.25, 0.3) is 5.91 Å². The van der Waals surface area contributed by atoms with Crippen LogP contribution in [-0.2, 0) is 6.54 Å². The molecule has 0 saturated carbocycles. The fraction of sp³-hybridized carbons (Fsp3) is 0.300. The summed E-state index contributed by atoms with van der Waals surface area (Å²) >= 11 is 0. The Morgan fingerprint density at radius 1 is 1.11 bits per heavy atom. The van der Waals surface area contributed by atoms with Crippen LogP contribution in [0.5, 0.6) is 0 Å². The Bertz CT molecular complexity index is 917. The molecule has 0 spiro atoms. The van der Waals surface area contributed by atoms with E-state index in [9.17, 15) is 9.90 Å². The SMILES string of the molecule is CC(C)c1noc(CNC(=O)c2ccc(-c3cccc([C@H](C)O)n3)cc2)n1. The van der Waals surface area contributed by atoms with Crippen LogP contribution in [0.4, 0.5) is 0 Å². The summed E-state index contributed by atoms with van der Waals surface area (Å²) in [4.78, 5) is 21.0. The first kappa shape index (κ1) is 18.7. The smallest absolute Gasteiger partial charge is 0.251 e. The number of aromatic nitrogens is 3. The highest BCUT2D eigenvalue weighted by Crippen LogP contribution is 2.20. The molecule has 0 fully saturated rings. The van der Waals surface area contributed by atoms with Crippen LogP contribution in [0.1, 0.15) is 60.6 Å². The molecule has 3 aromatic rings. The number of amides is 1. The van der Waals surface area contributed by atoms with Gasteiger partial charge in [-0.1, -0.05) is 37.2 Å². The van der Waals surface area contributed by atoms with Crippen molar-refractivity contribution >= 4 is 5.91 Å². The predicted octanol–water partition coefficient (Wildman–Crippen LogP) is 3.24. The lowest BCUT2D eigenvalue weighted by Crippen LogP contribution is -2.22. The zero-order valence-electron chi connectivity index (χ0n) is 15.5. The van der Waals surface area contributed by atoms with Crippen molar-refractivity contribution in [2.24, 2.45) is 0 Å². The number of carbonyl (C=O) groups excluding carboxylic acids is 1. The predicted molar refractivity (Wildman–Crippen MR) is 99.9 cm³/mol. The zero-order chi connectivity index (χ0) is 19.4. The molecule has 1 amide bonds. The van der Waals surface area contributed by atoms with Gasteiger partial charge in [-0.25, -0.2) is 0 Å². The molecule has 140 valence electrons. The van der Waals surface area contributed by atoms with E-state index in [1.165, 1.54) is 0 Å². The fourth-order valence-electron chi connectivity index (χ4n) is 2.47. The van der Waals surface area contributed by atoms with E-state index in [0.717, 1.165) is 11.3 Å². The Hall–Kier alpha value is -3.06. The molecule has 0 saturated heterocycles. The Morgan fingerprint density at radius 2 is 1.85 bits per heavy atom. The number of nitrogens with zero attached hydrogens (tertiary/aromatic N) is 3. The Labute approximate surface area is 157 Å². The third-order valence-corrected chi connectivity index (χ3v) is 4.04. The minimum Gasteiger partial charge on any atom is -0.387 e. The summed E-state index contributed by atoms with van der Waals surface area (Å²) in [6.45, 7) is 5.80. The van der Waals surface area contributed by atoms with Crippen LogP contribution in [0, 0.1) is 0 Å². The van der Waals surface area contributed by atoms with Crippen LogP contribution < -0.4 is 5.32 Å². The third kappa shape index (κ3) is 4.57. The van der Waals surface area contributed by atoms with Gasteiger partial charge in [0.15, 0.2) is 5.82 Å². The van der Waals surface area contributed by atoms with Crippen molar-refractivity contribution in [2.75, 3.05) is 0 Å². The lowest BCUT2D eigenvalue weighted by molar-refractivity contribution is 0.0946. The van der Waals surface area contributed by atoms with Crippen molar-refractivity contribution in [1.29, 1.82) is 0 Å². The maximum atomic E-state index is 12.3. The molecule has 7 nitrogen and oxygen atoms in total. The van der Waals surface area contributed by atoms with Crippen LogP contribution >= 0.6 is 0 Å². The average Bonchev–Trinajstić information content (AvgIpc) is 3.16. The number of rotatable bonds is 6. The number of hydrogen-bond acceptors (Lipinski definition) is 6. The van der Waals surface area contributed by atoms with Gasteiger partial charge in [0, 0.05) is 17.0 Å². The molecule has 0 bridgehead atoms. The van der Waals surface area contributed by atoms with Crippen molar-refractivity contribution in [1.82, 2.24) is 20.4 Å². The molecular weight excluding hydrogens is 344 g/mol. The van der Waals surface area contributed by atoms with E-state index < -0.39 is 6.10 Å². The van der Waals surface area contributed by atoms with Crippen molar-refractivity contribution in [3.63, 3.8) is 0 Å². The number of nitrogens with one attached hydrogen (secondary N) is 1. The monoisotopic (exact) mass is 366 g/mol. The topological polar surface area (TPSA) is 101 Å². The van der Waals surface area contributed by atoms with Gasteiger partial charge in [-0.15, -0.1) is 0 Å². The van der Waals surface area contributed by atoms with Gasteiger partial charge in [0.05, 0.1) is 24.0 Å². The van der Waals surface area contributed by atoms with Gasteiger partial charge < -0.3 is 14.9 Å². The van der Waals surface area contributed by atoms with Gasteiger partial charge in [-0.3, -0.25) is 9.78 Å². The maximum absolute atomic E-state index is 12.3. The largest absolute Gasteiger partial charge is 0.387 e. The van der Waals surface area contributed by atoms with Gasteiger partial charge in [0.1, 0.15) is 0 Å². The molecule has 2 aromatic heterocycles. The summed E-state index contributed by atoms with van der Waals surface area (Å²) in [5, 5.41) is 16.3. The Kier molecular flexibility index (Phi) is 5.61. The molecule has 0 radical (unpaired) electrons. The van der Waals surface area contributed by atoms with Gasteiger partial charge in [-0.05, 0) is 31.2 Å². The van der Waals surface area contributed by atoms with E-state index in [1.54, 1.807) is 25.1 Å². The fourth-order valence-corrected chi connectivity index (χ4v) is 2.47. The van der Waals surface area contributed by atoms with Gasteiger partial charge >= 0.3 is 0 Å². The van der Waals surface area contributed by atoms with E-state index in [4.69, 9.17) is 4.52 Å². The first-order valence-corrected chi connectivity index (χ1v) is 8.80. The molecular formula is C20H22N4O3. The van der Waals surface area contributed by atoms with Gasteiger partial charge in [0.2, 0.25) is 5.89 Å². The van der Waals surface area contributed by atoms with Crippen molar-refractivity contribution in [3.05, 3.63) is 65.4 Å². The molecule has 7 heteroatoms. The Balaban J connectivity index is 1.65. The van der Waals surface area contributed by atoms with Crippen molar-refractivity contribution in [3.8, 4) is 11.3 Å². The molecule has 0 aliphatic rings. The summed E-state index contributed by atoms with van der Waals surface area (Å²) in [7, 11) is 0. The highest BCUT2D eigenvalue weighted by atomic mass is 16.5. The number of aliphatic hydroxyl groups is 1. The quantitative estimate of drug-likeness (QED) is 0.694. The van der Waals surface area contributed by atoms with E-state index in [1.807, 2.05) is 38.1 Å². The van der Waals surface area contributed by atoms with Crippen molar-refractivity contribution < 1.29 is 14.4 Å². The minimum atomic E-state index is -0.629. The minimum absolute atomic E-state index is 0.173. The second-order valence-corrected chi connectivity index (χ2v) is 6.58. The van der Waals surface area contributed by atoms with Crippen LogP contribution in [0.3, 0.4) is 0 Å². The molecule has 1 aromatic carbocycles. The summed E-state index contributed by atoms with van der Waals surface area (Å²) in [5.74, 6) is 0.946. The van der Waals surface area contributed by atoms with Crippen LogP contribution in [-0.4, -0.2) is 26.1 Å². The van der Waals surface area contributed by atoms with E-state index in [2.05, 4.69) is 20.4 Å². The first-order valence-electron chi connectivity index (χ1n) is 8.80. The third-order valence-electron chi connectivity index (χ3n) is 4.04. The zero-order valence-corrected chi connectivity index (χ0v) is 15.5. The molecule has 27 heavy (non-hydrogen) atoms. The average molecular weight is 366 g/mol. The lowest BCUT2D eigenvalue weighted by atomic mass is 10.1.